The molecule has 1 amide bonds. The standard InChI is InChI=1S/C23H19F4N7O/c1-2-34-13-18(12-31-34)32-22-29-9-16(10-30-22)14-3-4-15(19(24)7-14)8-21(35)33-20-6-5-17(11-28-20)23(25,26)27/h3-7,9-13H,2,8H2,1H3,(H,28,33,35)(H,29,30,32). The molecule has 8 nitrogen and oxygen atoms in total. The van der Waals surface area contributed by atoms with Crippen LogP contribution in [0.4, 0.5) is 35.0 Å². The summed E-state index contributed by atoms with van der Waals surface area (Å²) in [7, 11) is 0. The molecule has 0 atom stereocenters. The lowest BCUT2D eigenvalue weighted by molar-refractivity contribution is -0.137. The molecule has 0 radical (unpaired) electrons. The van der Waals surface area contributed by atoms with Crippen molar-refractivity contribution in [2.24, 2.45) is 0 Å². The van der Waals surface area contributed by atoms with E-state index >= 15 is 0 Å². The van der Waals surface area contributed by atoms with Gasteiger partial charge in [-0.2, -0.15) is 18.3 Å². The second-order valence-corrected chi connectivity index (χ2v) is 7.47. The van der Waals surface area contributed by atoms with Gasteiger partial charge in [-0.05, 0) is 36.2 Å². The zero-order valence-electron chi connectivity index (χ0n) is 18.3. The Morgan fingerprint density at radius 3 is 2.37 bits per heavy atom. The van der Waals surface area contributed by atoms with Crippen molar-refractivity contribution in [1.29, 1.82) is 0 Å². The molecule has 4 aromatic rings. The summed E-state index contributed by atoms with van der Waals surface area (Å²) >= 11 is 0. The highest BCUT2D eigenvalue weighted by Gasteiger charge is 2.30. The van der Waals surface area contributed by atoms with Gasteiger partial charge in [0.2, 0.25) is 11.9 Å². The van der Waals surface area contributed by atoms with Crippen LogP contribution >= 0.6 is 0 Å². The zero-order valence-corrected chi connectivity index (χ0v) is 18.3. The van der Waals surface area contributed by atoms with E-state index in [4.69, 9.17) is 0 Å². The number of nitrogens with zero attached hydrogens (tertiary/aromatic N) is 5. The van der Waals surface area contributed by atoms with E-state index in [1.165, 1.54) is 24.5 Å². The normalized spacial score (nSPS) is 11.3. The summed E-state index contributed by atoms with van der Waals surface area (Å²) in [4.78, 5) is 24.2. The van der Waals surface area contributed by atoms with Gasteiger partial charge in [0.15, 0.2) is 0 Å². The first-order valence-electron chi connectivity index (χ1n) is 10.4. The first-order valence-corrected chi connectivity index (χ1v) is 10.4. The number of carbonyl (C=O) groups is 1. The molecule has 0 fully saturated rings. The van der Waals surface area contributed by atoms with E-state index < -0.39 is 23.5 Å². The van der Waals surface area contributed by atoms with Crippen LogP contribution in [-0.4, -0.2) is 30.6 Å². The minimum atomic E-state index is -4.53. The third-order valence-electron chi connectivity index (χ3n) is 4.96. The molecular formula is C23H19F4N7O. The van der Waals surface area contributed by atoms with E-state index in [-0.39, 0.29) is 17.8 Å². The van der Waals surface area contributed by atoms with Crippen molar-refractivity contribution in [3.05, 3.63) is 78.3 Å². The second-order valence-electron chi connectivity index (χ2n) is 7.47. The molecule has 0 aliphatic carbocycles. The smallest absolute Gasteiger partial charge is 0.321 e. The number of hydrogen-bond donors (Lipinski definition) is 2. The van der Waals surface area contributed by atoms with E-state index in [1.54, 1.807) is 16.9 Å². The molecule has 35 heavy (non-hydrogen) atoms. The molecule has 2 N–H and O–H groups in total. The van der Waals surface area contributed by atoms with Crippen molar-refractivity contribution < 1.29 is 22.4 Å². The summed E-state index contributed by atoms with van der Waals surface area (Å²) in [5, 5.41) is 9.54. The van der Waals surface area contributed by atoms with Gasteiger partial charge in [0.1, 0.15) is 11.6 Å². The van der Waals surface area contributed by atoms with Gasteiger partial charge in [-0.25, -0.2) is 19.3 Å². The molecule has 0 spiro atoms. The van der Waals surface area contributed by atoms with Crippen LogP contribution in [0.5, 0.6) is 0 Å². The highest BCUT2D eigenvalue weighted by Crippen LogP contribution is 2.29. The third kappa shape index (κ3) is 5.96. The van der Waals surface area contributed by atoms with Crippen LogP contribution in [0.25, 0.3) is 11.1 Å². The number of alkyl halides is 3. The van der Waals surface area contributed by atoms with E-state index in [0.29, 0.717) is 23.3 Å². The van der Waals surface area contributed by atoms with Crippen molar-refractivity contribution in [2.75, 3.05) is 10.6 Å². The Bertz CT molecular complexity index is 1320. The molecule has 1 aromatic carbocycles. The van der Waals surface area contributed by atoms with Crippen molar-refractivity contribution in [3.8, 4) is 11.1 Å². The number of nitrogens with one attached hydrogen (secondary N) is 2. The fourth-order valence-corrected chi connectivity index (χ4v) is 3.14. The van der Waals surface area contributed by atoms with E-state index in [0.717, 1.165) is 24.4 Å². The number of anilines is 3. The lowest BCUT2D eigenvalue weighted by Gasteiger charge is -2.09. The number of halogens is 4. The van der Waals surface area contributed by atoms with Crippen LogP contribution in [-0.2, 0) is 23.9 Å². The predicted octanol–water partition coefficient (Wildman–Crippen LogP) is 4.84. The maximum Gasteiger partial charge on any atom is 0.417 e. The molecule has 3 heterocycles. The molecule has 0 aliphatic heterocycles. The fraction of sp³-hybridized carbons (Fsp3) is 0.174. The molecule has 4 rings (SSSR count). The number of amides is 1. The van der Waals surface area contributed by atoms with Crippen LogP contribution in [0.15, 0.2) is 61.3 Å². The average Bonchev–Trinajstić information content (AvgIpc) is 3.28. The third-order valence-corrected chi connectivity index (χ3v) is 4.96. The summed E-state index contributed by atoms with van der Waals surface area (Å²) < 4.78 is 54.2. The first-order chi connectivity index (χ1) is 16.7. The summed E-state index contributed by atoms with van der Waals surface area (Å²) in [5.41, 5.74) is 1.01. The Labute approximate surface area is 197 Å². The van der Waals surface area contributed by atoms with Crippen molar-refractivity contribution in [1.82, 2.24) is 24.7 Å². The van der Waals surface area contributed by atoms with Crippen LogP contribution in [0.1, 0.15) is 18.1 Å². The Morgan fingerprint density at radius 2 is 1.77 bits per heavy atom. The van der Waals surface area contributed by atoms with Crippen LogP contribution < -0.4 is 10.6 Å². The first kappa shape index (κ1) is 23.8. The van der Waals surface area contributed by atoms with E-state index in [1.807, 2.05) is 13.1 Å². The lowest BCUT2D eigenvalue weighted by atomic mass is 10.0. The zero-order chi connectivity index (χ0) is 25.0. The largest absolute Gasteiger partial charge is 0.417 e. The maximum absolute atomic E-state index is 14.6. The molecule has 0 saturated heterocycles. The van der Waals surface area contributed by atoms with Crippen molar-refractivity contribution in [3.63, 3.8) is 0 Å². The molecule has 0 bridgehead atoms. The molecule has 180 valence electrons. The van der Waals surface area contributed by atoms with Crippen molar-refractivity contribution in [2.45, 2.75) is 26.1 Å². The number of benzene rings is 1. The van der Waals surface area contributed by atoms with Gasteiger partial charge >= 0.3 is 6.18 Å². The number of aryl methyl sites for hydroxylation is 1. The number of hydrogen-bond acceptors (Lipinski definition) is 6. The number of aromatic nitrogens is 5. The van der Waals surface area contributed by atoms with Gasteiger partial charge in [0.25, 0.3) is 0 Å². The van der Waals surface area contributed by atoms with Gasteiger partial charge in [0, 0.05) is 36.9 Å². The summed E-state index contributed by atoms with van der Waals surface area (Å²) in [6.07, 6.45) is 2.31. The molecule has 12 heteroatoms. The number of rotatable bonds is 7. The monoisotopic (exact) mass is 485 g/mol. The summed E-state index contributed by atoms with van der Waals surface area (Å²) in [6.45, 7) is 2.70. The molecule has 0 unspecified atom stereocenters. The second kappa shape index (κ2) is 9.87. The number of pyridine rings is 1. The number of carbonyl (C=O) groups excluding carboxylic acids is 1. The average molecular weight is 485 g/mol. The Kier molecular flexibility index (Phi) is 6.71. The lowest BCUT2D eigenvalue weighted by Crippen LogP contribution is -2.16. The van der Waals surface area contributed by atoms with Crippen molar-refractivity contribution >= 4 is 23.4 Å². The van der Waals surface area contributed by atoms with Crippen LogP contribution in [0.2, 0.25) is 0 Å². The van der Waals surface area contributed by atoms with Gasteiger partial charge in [-0.1, -0.05) is 12.1 Å². The van der Waals surface area contributed by atoms with Crippen LogP contribution in [0.3, 0.4) is 0 Å². The van der Waals surface area contributed by atoms with E-state index in [2.05, 4.69) is 30.7 Å². The quantitative estimate of drug-likeness (QED) is 0.364. The SMILES string of the molecule is CCn1cc(Nc2ncc(-c3ccc(CC(=O)Nc4ccc(C(F)(F)F)cn4)c(F)c3)cn2)cn1. The Balaban J connectivity index is 1.38. The predicted molar refractivity (Wildman–Crippen MR) is 120 cm³/mol. The minimum Gasteiger partial charge on any atom is -0.321 e. The molecule has 3 aromatic heterocycles. The Morgan fingerprint density at radius 1 is 1.00 bits per heavy atom. The van der Waals surface area contributed by atoms with Gasteiger partial charge in [0.05, 0.1) is 23.9 Å². The maximum atomic E-state index is 14.6. The topological polar surface area (TPSA) is 97.6 Å². The minimum absolute atomic E-state index is 0.0621. The molecule has 0 saturated carbocycles. The van der Waals surface area contributed by atoms with E-state index in [9.17, 15) is 22.4 Å². The fourth-order valence-electron chi connectivity index (χ4n) is 3.14. The summed E-state index contributed by atoms with van der Waals surface area (Å²) in [5.74, 6) is -0.941. The highest BCUT2D eigenvalue weighted by molar-refractivity contribution is 5.91. The van der Waals surface area contributed by atoms with Gasteiger partial charge in [-0.15, -0.1) is 0 Å². The summed E-state index contributed by atoms with van der Waals surface area (Å²) in [6, 6.07) is 6.18. The molecular weight excluding hydrogens is 466 g/mol. The molecule has 0 aliphatic rings. The van der Waals surface area contributed by atoms with Gasteiger partial charge in [-0.3, -0.25) is 9.48 Å². The Hall–Kier alpha value is -4.35. The highest BCUT2D eigenvalue weighted by atomic mass is 19.4. The van der Waals surface area contributed by atoms with Gasteiger partial charge < -0.3 is 10.6 Å². The van der Waals surface area contributed by atoms with Crippen LogP contribution in [0, 0.1) is 5.82 Å².